The Labute approximate surface area is 192 Å². The number of aromatic hydroxyl groups is 2. The van der Waals surface area contributed by atoms with Gasteiger partial charge < -0.3 is 20.1 Å². The molecule has 1 heterocycles. The van der Waals surface area contributed by atoms with Gasteiger partial charge in [-0.2, -0.15) is 0 Å². The molecule has 0 saturated heterocycles. The average molecular weight is 443 g/mol. The van der Waals surface area contributed by atoms with Crippen LogP contribution in [-0.2, 0) is 0 Å². The Balaban J connectivity index is 1.62. The molecule has 176 valence electrons. The van der Waals surface area contributed by atoms with Crippen molar-refractivity contribution in [2.75, 3.05) is 0 Å². The van der Waals surface area contributed by atoms with Gasteiger partial charge in [-0.05, 0) is 45.4 Å². The quantitative estimate of drug-likeness (QED) is 0.235. The summed E-state index contributed by atoms with van der Waals surface area (Å²) in [5, 5.41) is 30.7. The number of hydrogen-bond acceptors (Lipinski definition) is 5. The lowest BCUT2D eigenvalue weighted by Crippen LogP contribution is -2.41. The van der Waals surface area contributed by atoms with Gasteiger partial charge in [0.2, 0.25) is 5.79 Å². The second-order valence-electron chi connectivity index (χ2n) is 8.49. The molecule has 1 aliphatic heterocycles. The number of hydrogen-bond donors (Lipinski definition) is 3. The Morgan fingerprint density at radius 3 is 2.31 bits per heavy atom. The molecule has 1 unspecified atom stereocenters. The number of carbonyl (C=O) groups excluding carboxylic acids is 1. The van der Waals surface area contributed by atoms with Crippen LogP contribution in [0.3, 0.4) is 0 Å². The fourth-order valence-corrected chi connectivity index (χ4v) is 3.82. The fourth-order valence-electron chi connectivity index (χ4n) is 3.82. The van der Waals surface area contributed by atoms with Crippen LogP contribution in [0.25, 0.3) is 0 Å². The maximum atomic E-state index is 12.5. The van der Waals surface area contributed by atoms with Gasteiger partial charge in [0.15, 0.2) is 5.78 Å². The number of phenols is 2. The molecule has 1 aromatic rings. The summed E-state index contributed by atoms with van der Waals surface area (Å²) < 4.78 is 5.62. The average Bonchev–Trinajstić information content (AvgIpc) is 2.74. The van der Waals surface area contributed by atoms with Crippen LogP contribution < -0.4 is 4.74 Å². The Kier molecular flexibility index (Phi) is 10.5. The van der Waals surface area contributed by atoms with Crippen molar-refractivity contribution in [3.63, 3.8) is 0 Å². The van der Waals surface area contributed by atoms with Crippen LogP contribution in [0.1, 0.15) is 93.5 Å². The lowest BCUT2D eigenvalue weighted by molar-refractivity contribution is -0.145. The van der Waals surface area contributed by atoms with E-state index in [2.05, 4.69) is 43.4 Å². The largest absolute Gasteiger partial charge is 0.507 e. The molecule has 1 aliphatic rings. The molecule has 0 aliphatic carbocycles. The van der Waals surface area contributed by atoms with E-state index in [0.717, 1.165) is 57.8 Å². The number of unbranched alkanes of at least 4 members (excludes halogenated alkanes) is 5. The lowest BCUT2D eigenvalue weighted by atomic mass is 9.92. The molecule has 0 radical (unpaired) electrons. The minimum Gasteiger partial charge on any atom is -0.507 e. The third kappa shape index (κ3) is 7.86. The molecular weight excluding hydrogens is 404 g/mol. The van der Waals surface area contributed by atoms with E-state index in [0.29, 0.717) is 6.42 Å². The molecule has 3 N–H and O–H groups in total. The second kappa shape index (κ2) is 13.1. The van der Waals surface area contributed by atoms with Gasteiger partial charge >= 0.3 is 0 Å². The number of rotatable bonds is 13. The molecule has 0 spiro atoms. The van der Waals surface area contributed by atoms with Gasteiger partial charge in [-0.1, -0.05) is 62.6 Å². The van der Waals surface area contributed by atoms with Crippen LogP contribution >= 0.6 is 0 Å². The van der Waals surface area contributed by atoms with E-state index in [1.165, 1.54) is 13.0 Å². The maximum Gasteiger partial charge on any atom is 0.215 e. The summed E-state index contributed by atoms with van der Waals surface area (Å²) in [6.07, 6.45) is 22.6. The number of carbonyl (C=O) groups is 1. The zero-order chi connectivity index (χ0) is 23.4. The highest BCUT2D eigenvalue weighted by atomic mass is 16.6. The SMILES string of the molecule is CC/C=C\C/C=C\C/C=C\CCCCCCCC1(O)CC(=O)c2c(cc(O)c(C)c2O)O1. The highest BCUT2D eigenvalue weighted by Crippen LogP contribution is 2.43. The van der Waals surface area contributed by atoms with Gasteiger partial charge in [-0.25, -0.2) is 0 Å². The first-order valence-electron chi connectivity index (χ1n) is 11.8. The predicted octanol–water partition coefficient (Wildman–Crippen LogP) is 6.65. The molecule has 32 heavy (non-hydrogen) atoms. The van der Waals surface area contributed by atoms with Gasteiger partial charge in [-0.15, -0.1) is 0 Å². The number of phenolic OH excluding ortho intramolecular Hbond substituents is 2. The summed E-state index contributed by atoms with van der Waals surface area (Å²) in [5.74, 6) is -2.34. The number of ketones is 1. The molecule has 0 bridgehead atoms. The van der Waals surface area contributed by atoms with Gasteiger partial charge in [0, 0.05) is 18.1 Å². The van der Waals surface area contributed by atoms with Crippen molar-refractivity contribution in [2.45, 2.75) is 90.3 Å². The summed E-state index contributed by atoms with van der Waals surface area (Å²) in [6, 6.07) is 1.29. The normalized spacial score (nSPS) is 18.7. The van der Waals surface area contributed by atoms with Crippen LogP contribution in [0.15, 0.2) is 42.5 Å². The summed E-state index contributed by atoms with van der Waals surface area (Å²) in [7, 11) is 0. The van der Waals surface area contributed by atoms with Crippen LogP contribution in [0.4, 0.5) is 0 Å². The lowest BCUT2D eigenvalue weighted by Gasteiger charge is -2.34. The van der Waals surface area contributed by atoms with E-state index in [4.69, 9.17) is 4.74 Å². The van der Waals surface area contributed by atoms with Crippen molar-refractivity contribution >= 4 is 5.78 Å². The number of benzene rings is 1. The van der Waals surface area contributed by atoms with Gasteiger partial charge in [-0.3, -0.25) is 4.79 Å². The topological polar surface area (TPSA) is 87.0 Å². The Bertz CT molecular complexity index is 837. The molecule has 5 nitrogen and oxygen atoms in total. The molecule has 0 amide bonds. The summed E-state index contributed by atoms with van der Waals surface area (Å²) in [5.41, 5.74) is 0.277. The molecule has 0 aromatic heterocycles. The van der Waals surface area contributed by atoms with Crippen LogP contribution in [0.5, 0.6) is 17.2 Å². The number of aliphatic hydroxyl groups is 1. The van der Waals surface area contributed by atoms with Gasteiger partial charge in [0.05, 0.1) is 6.42 Å². The summed E-state index contributed by atoms with van der Waals surface area (Å²) >= 11 is 0. The highest BCUT2D eigenvalue weighted by Gasteiger charge is 2.40. The summed E-state index contributed by atoms with van der Waals surface area (Å²) in [6.45, 7) is 3.67. The molecule has 0 saturated carbocycles. The van der Waals surface area contributed by atoms with Crippen molar-refractivity contribution in [1.29, 1.82) is 0 Å². The monoisotopic (exact) mass is 442 g/mol. The van der Waals surface area contributed by atoms with Crippen LogP contribution in [-0.4, -0.2) is 26.9 Å². The number of ether oxygens (including phenoxy) is 1. The van der Waals surface area contributed by atoms with Crippen molar-refractivity contribution in [1.82, 2.24) is 0 Å². The molecule has 5 heteroatoms. The third-order valence-corrected chi connectivity index (χ3v) is 5.72. The van der Waals surface area contributed by atoms with Gasteiger partial charge in [0.1, 0.15) is 22.8 Å². The Hall–Kier alpha value is -2.53. The molecular formula is C27H38O5. The predicted molar refractivity (Wildman–Crippen MR) is 128 cm³/mol. The van der Waals surface area contributed by atoms with Crippen LogP contribution in [0.2, 0.25) is 0 Å². The van der Waals surface area contributed by atoms with Gasteiger partial charge in [0.25, 0.3) is 0 Å². The Morgan fingerprint density at radius 1 is 0.969 bits per heavy atom. The fraction of sp³-hybridized carbons (Fsp3) is 0.519. The zero-order valence-electron chi connectivity index (χ0n) is 19.5. The highest BCUT2D eigenvalue weighted by molar-refractivity contribution is 6.03. The van der Waals surface area contributed by atoms with Crippen molar-refractivity contribution < 1.29 is 24.9 Å². The number of allylic oxidation sites excluding steroid dienone is 6. The first-order valence-corrected chi connectivity index (χ1v) is 11.8. The first kappa shape index (κ1) is 25.7. The van der Waals surface area contributed by atoms with Crippen molar-refractivity contribution in [2.24, 2.45) is 0 Å². The number of Topliss-reactive ketones (excluding diaryl/α,β-unsaturated/α-hetero) is 1. The van der Waals surface area contributed by atoms with E-state index in [1.807, 2.05) is 0 Å². The first-order chi connectivity index (χ1) is 15.4. The van der Waals surface area contributed by atoms with E-state index >= 15 is 0 Å². The minimum atomic E-state index is -1.58. The zero-order valence-corrected chi connectivity index (χ0v) is 19.5. The van der Waals surface area contributed by atoms with Crippen molar-refractivity contribution in [3.05, 3.63) is 53.6 Å². The molecule has 1 atom stereocenters. The third-order valence-electron chi connectivity index (χ3n) is 5.72. The number of fused-ring (bicyclic) bond motifs is 1. The standard InChI is InChI=1S/C27H38O5/c1-3-4-5-6-7-8-9-10-11-12-13-14-15-16-17-18-27(31)20-23(29)25-24(32-27)19-22(28)21(2)26(25)30/h4-5,7-8,10-11,19,28,30-31H,3,6,9,12-18,20H2,1-2H3/b5-4-,8-7-,11-10-. The maximum absolute atomic E-state index is 12.5. The van der Waals surface area contributed by atoms with E-state index in [9.17, 15) is 20.1 Å². The minimum absolute atomic E-state index is 0.0434. The molecule has 0 fully saturated rings. The van der Waals surface area contributed by atoms with Crippen molar-refractivity contribution in [3.8, 4) is 17.2 Å². The molecule has 1 aromatic carbocycles. The second-order valence-corrected chi connectivity index (χ2v) is 8.49. The summed E-state index contributed by atoms with van der Waals surface area (Å²) in [4.78, 5) is 12.5. The van der Waals surface area contributed by atoms with E-state index in [1.54, 1.807) is 0 Å². The van der Waals surface area contributed by atoms with E-state index in [-0.39, 0.29) is 40.6 Å². The van der Waals surface area contributed by atoms with Crippen LogP contribution in [0, 0.1) is 6.92 Å². The molecule has 2 rings (SSSR count). The smallest absolute Gasteiger partial charge is 0.215 e. The van der Waals surface area contributed by atoms with E-state index < -0.39 is 5.79 Å². The Morgan fingerprint density at radius 2 is 1.59 bits per heavy atom.